The molecular formula is C16H20. The Bertz CT molecular complexity index is 375. The van der Waals surface area contributed by atoms with Crippen LogP contribution in [-0.4, -0.2) is 0 Å². The van der Waals surface area contributed by atoms with Crippen LogP contribution in [0.5, 0.6) is 0 Å². The predicted molar refractivity (Wildman–Crippen MR) is 68.9 cm³/mol. The Kier molecular flexibility index (Phi) is 2.20. The third kappa shape index (κ3) is 1.36. The highest BCUT2D eigenvalue weighted by molar-refractivity contribution is 5.34. The fourth-order valence-corrected chi connectivity index (χ4v) is 3.75. The Morgan fingerprint density at radius 2 is 1.19 bits per heavy atom. The van der Waals surface area contributed by atoms with Crippen LogP contribution in [0.2, 0.25) is 0 Å². The quantitative estimate of drug-likeness (QED) is 0.566. The first-order chi connectivity index (χ1) is 7.66. The maximum atomic E-state index is 2.49. The summed E-state index contributed by atoms with van der Waals surface area (Å²) < 4.78 is 0. The lowest BCUT2D eigenvalue weighted by atomic mass is 9.81. The third-order valence-corrected chi connectivity index (χ3v) is 4.62. The second-order valence-electron chi connectivity index (χ2n) is 5.71. The normalized spacial score (nSPS) is 44.8. The number of hydrogen-bond donors (Lipinski definition) is 0. The lowest BCUT2D eigenvalue weighted by Crippen LogP contribution is -2.15. The number of rotatable bonds is 0. The molecule has 0 aromatic rings. The van der Waals surface area contributed by atoms with Crippen molar-refractivity contribution in [2.24, 2.45) is 29.6 Å². The van der Waals surface area contributed by atoms with E-state index in [9.17, 15) is 0 Å². The van der Waals surface area contributed by atoms with E-state index in [4.69, 9.17) is 0 Å². The van der Waals surface area contributed by atoms with Crippen molar-refractivity contribution in [1.82, 2.24) is 0 Å². The van der Waals surface area contributed by atoms with E-state index in [1.54, 1.807) is 0 Å². The number of fused-ring (bicyclic) bond motifs is 3. The average Bonchev–Trinajstić information content (AvgIpc) is 2.53. The van der Waals surface area contributed by atoms with Crippen LogP contribution in [0.4, 0.5) is 0 Å². The van der Waals surface area contributed by atoms with Crippen molar-refractivity contribution in [1.29, 1.82) is 0 Å². The van der Waals surface area contributed by atoms with E-state index in [1.807, 2.05) is 0 Å². The Hall–Kier alpha value is -1.04. The number of hydrogen-bond acceptors (Lipinski definition) is 0. The van der Waals surface area contributed by atoms with Gasteiger partial charge in [0.25, 0.3) is 0 Å². The molecule has 0 bridgehead atoms. The molecule has 0 heteroatoms. The van der Waals surface area contributed by atoms with Gasteiger partial charge in [0.15, 0.2) is 0 Å². The van der Waals surface area contributed by atoms with Crippen molar-refractivity contribution < 1.29 is 0 Å². The molecule has 4 atom stereocenters. The first kappa shape index (κ1) is 10.1. The third-order valence-electron chi connectivity index (χ3n) is 4.62. The molecule has 0 amide bonds. The van der Waals surface area contributed by atoms with Gasteiger partial charge in [-0.2, -0.15) is 0 Å². The summed E-state index contributed by atoms with van der Waals surface area (Å²) in [7, 11) is 0. The first-order valence-corrected chi connectivity index (χ1v) is 6.40. The topological polar surface area (TPSA) is 0 Å². The van der Waals surface area contributed by atoms with E-state index in [2.05, 4.69) is 57.2 Å². The molecule has 0 aliphatic heterocycles. The zero-order valence-electron chi connectivity index (χ0n) is 10.4. The molecule has 1 fully saturated rings. The van der Waals surface area contributed by atoms with Gasteiger partial charge in [-0.05, 0) is 43.4 Å². The van der Waals surface area contributed by atoms with Crippen molar-refractivity contribution in [2.75, 3.05) is 0 Å². The maximum Gasteiger partial charge on any atom is -0.00955 e. The van der Waals surface area contributed by atoms with Gasteiger partial charge in [-0.3, -0.25) is 0 Å². The Labute approximate surface area is 98.4 Å². The van der Waals surface area contributed by atoms with Gasteiger partial charge in [-0.15, -0.1) is 0 Å². The minimum atomic E-state index is 0.740. The van der Waals surface area contributed by atoms with E-state index in [-0.39, 0.29) is 0 Å². The molecule has 0 aromatic heterocycles. The molecule has 0 N–H and O–H groups in total. The molecule has 0 saturated heterocycles. The summed E-state index contributed by atoms with van der Waals surface area (Å²) in [4.78, 5) is 0. The molecule has 3 aliphatic carbocycles. The lowest BCUT2D eigenvalue weighted by Gasteiger charge is -2.23. The number of allylic oxidation sites excluding steroid dienone is 8. The monoisotopic (exact) mass is 212 g/mol. The molecule has 3 rings (SSSR count). The highest BCUT2D eigenvalue weighted by Gasteiger charge is 2.45. The zero-order valence-corrected chi connectivity index (χ0v) is 10.4. The molecule has 16 heavy (non-hydrogen) atoms. The molecular weight excluding hydrogens is 192 g/mol. The van der Waals surface area contributed by atoms with Gasteiger partial charge in [0.1, 0.15) is 0 Å². The highest BCUT2D eigenvalue weighted by Crippen LogP contribution is 2.51. The molecule has 1 saturated carbocycles. The minimum absolute atomic E-state index is 0.740. The first-order valence-electron chi connectivity index (χ1n) is 6.40. The highest BCUT2D eigenvalue weighted by atomic mass is 14.5. The second-order valence-corrected chi connectivity index (χ2v) is 5.71. The molecule has 0 nitrogen and oxygen atoms in total. The van der Waals surface area contributed by atoms with E-state index in [0.717, 1.165) is 29.6 Å². The van der Waals surface area contributed by atoms with Crippen LogP contribution in [-0.2, 0) is 0 Å². The lowest BCUT2D eigenvalue weighted by molar-refractivity contribution is 0.412. The van der Waals surface area contributed by atoms with Crippen molar-refractivity contribution >= 4 is 0 Å². The second kappa shape index (κ2) is 3.48. The molecule has 0 spiro atoms. The van der Waals surface area contributed by atoms with Gasteiger partial charge in [0.05, 0.1) is 0 Å². The van der Waals surface area contributed by atoms with Gasteiger partial charge >= 0.3 is 0 Å². The summed E-state index contributed by atoms with van der Waals surface area (Å²) in [6, 6.07) is 0. The van der Waals surface area contributed by atoms with E-state index in [1.165, 1.54) is 11.1 Å². The van der Waals surface area contributed by atoms with Gasteiger partial charge in [-0.1, -0.05) is 54.5 Å². The minimum Gasteiger partial charge on any atom is -0.0800 e. The van der Waals surface area contributed by atoms with Crippen LogP contribution in [0.15, 0.2) is 47.6 Å². The van der Waals surface area contributed by atoms with Crippen LogP contribution in [0.3, 0.4) is 0 Å². The molecule has 3 aliphatic rings. The maximum absolute atomic E-state index is 2.49. The predicted octanol–water partition coefficient (Wildman–Crippen LogP) is 4.13. The van der Waals surface area contributed by atoms with Crippen LogP contribution in [0, 0.1) is 29.6 Å². The Morgan fingerprint density at radius 3 is 1.62 bits per heavy atom. The Morgan fingerprint density at radius 1 is 0.750 bits per heavy atom. The van der Waals surface area contributed by atoms with Crippen LogP contribution in [0.25, 0.3) is 0 Å². The molecule has 84 valence electrons. The van der Waals surface area contributed by atoms with Crippen molar-refractivity contribution in [3.63, 3.8) is 0 Å². The molecule has 0 radical (unpaired) electrons. The van der Waals surface area contributed by atoms with Gasteiger partial charge in [0.2, 0.25) is 0 Å². The van der Waals surface area contributed by atoms with Crippen molar-refractivity contribution in [2.45, 2.75) is 20.8 Å². The Balaban J connectivity index is 1.99. The molecule has 0 aromatic carbocycles. The van der Waals surface area contributed by atoms with Gasteiger partial charge in [-0.25, -0.2) is 0 Å². The summed E-state index contributed by atoms with van der Waals surface area (Å²) in [6.45, 7) is 6.87. The fraction of sp³-hybridized carbons (Fsp3) is 0.500. The van der Waals surface area contributed by atoms with E-state index in [0.29, 0.717) is 0 Å². The van der Waals surface area contributed by atoms with Crippen LogP contribution in [0.1, 0.15) is 20.8 Å². The van der Waals surface area contributed by atoms with Gasteiger partial charge < -0.3 is 0 Å². The van der Waals surface area contributed by atoms with E-state index < -0.39 is 0 Å². The largest absolute Gasteiger partial charge is 0.0800 e. The summed E-state index contributed by atoms with van der Waals surface area (Å²) in [5.74, 6) is 3.78. The van der Waals surface area contributed by atoms with Crippen LogP contribution >= 0.6 is 0 Å². The smallest absolute Gasteiger partial charge is 0.00955 e. The summed E-state index contributed by atoms with van der Waals surface area (Å²) in [6.07, 6.45) is 14.5. The average molecular weight is 212 g/mol. The van der Waals surface area contributed by atoms with Crippen molar-refractivity contribution in [3.8, 4) is 0 Å². The summed E-state index contributed by atoms with van der Waals surface area (Å²) in [5.41, 5.74) is 2.88. The van der Waals surface area contributed by atoms with Crippen LogP contribution < -0.4 is 0 Å². The molecule has 0 heterocycles. The summed E-state index contributed by atoms with van der Waals surface area (Å²) >= 11 is 0. The fourth-order valence-electron chi connectivity index (χ4n) is 3.75. The van der Waals surface area contributed by atoms with Gasteiger partial charge in [0, 0.05) is 0 Å². The zero-order chi connectivity index (χ0) is 11.3. The van der Waals surface area contributed by atoms with E-state index >= 15 is 0 Å². The SMILES string of the molecule is CC1=CC2C(C)C3C=C(C)C=CC3C2C=C1. The standard InChI is InChI=1S/C16H20/c1-10-4-6-13-14-7-5-11(2)9-16(14)12(3)15(13)8-10/h4-9,12-16H,1-3H3. The summed E-state index contributed by atoms with van der Waals surface area (Å²) in [5, 5.41) is 0. The molecule has 4 unspecified atom stereocenters. The van der Waals surface area contributed by atoms with Crippen molar-refractivity contribution in [3.05, 3.63) is 47.6 Å².